The fourth-order valence-corrected chi connectivity index (χ4v) is 2.03. The van der Waals surface area contributed by atoms with Gasteiger partial charge in [0.15, 0.2) is 0 Å². The molecule has 0 amide bonds. The monoisotopic (exact) mass is 227 g/mol. The molecule has 5 heteroatoms. The van der Waals surface area contributed by atoms with Crippen molar-refractivity contribution in [3.8, 4) is 0 Å². The fourth-order valence-electron chi connectivity index (χ4n) is 1.81. The van der Waals surface area contributed by atoms with Crippen LogP contribution in [-0.2, 0) is 4.74 Å². The van der Waals surface area contributed by atoms with Crippen LogP contribution in [-0.4, -0.2) is 36.3 Å². The van der Waals surface area contributed by atoms with Crippen molar-refractivity contribution in [1.29, 1.82) is 0 Å². The number of hydrogen-bond acceptors (Lipinski definition) is 4. The van der Waals surface area contributed by atoms with Crippen LogP contribution < -0.4 is 4.90 Å². The van der Waals surface area contributed by atoms with Gasteiger partial charge in [-0.3, -0.25) is 0 Å². The van der Waals surface area contributed by atoms with E-state index in [1.165, 1.54) is 0 Å². The second kappa shape index (κ2) is 4.33. The van der Waals surface area contributed by atoms with Gasteiger partial charge in [0.25, 0.3) is 0 Å². The molecule has 0 aliphatic carbocycles. The van der Waals surface area contributed by atoms with E-state index in [1.807, 2.05) is 6.92 Å². The van der Waals surface area contributed by atoms with E-state index in [9.17, 15) is 0 Å². The van der Waals surface area contributed by atoms with E-state index < -0.39 is 0 Å². The Bertz CT molecular complexity index is 338. The molecule has 2 rings (SSSR count). The van der Waals surface area contributed by atoms with E-state index in [4.69, 9.17) is 16.3 Å². The van der Waals surface area contributed by atoms with Gasteiger partial charge in [0.2, 0.25) is 0 Å². The number of aromatic nitrogens is 2. The van der Waals surface area contributed by atoms with Gasteiger partial charge in [-0.25, -0.2) is 9.97 Å². The predicted molar refractivity (Wildman–Crippen MR) is 59.4 cm³/mol. The smallest absolute Gasteiger partial charge is 0.134 e. The van der Waals surface area contributed by atoms with Crippen LogP contribution in [0.2, 0.25) is 5.15 Å². The van der Waals surface area contributed by atoms with Crippen LogP contribution in [0.4, 0.5) is 5.82 Å². The Labute approximate surface area is 94.2 Å². The van der Waals surface area contributed by atoms with Crippen LogP contribution in [0.15, 0.2) is 6.07 Å². The minimum absolute atomic E-state index is 0.305. The van der Waals surface area contributed by atoms with E-state index in [1.54, 1.807) is 13.2 Å². The summed E-state index contributed by atoms with van der Waals surface area (Å²) in [5, 5.41) is 0.498. The first-order valence-corrected chi connectivity index (χ1v) is 5.36. The Balaban J connectivity index is 2.16. The molecule has 0 saturated carbocycles. The lowest BCUT2D eigenvalue weighted by Gasteiger charge is -2.17. The number of methoxy groups -OCH3 is 1. The van der Waals surface area contributed by atoms with E-state index in [0.717, 1.165) is 25.3 Å². The quantitative estimate of drug-likeness (QED) is 0.721. The molecule has 1 atom stereocenters. The molecule has 0 aromatic carbocycles. The lowest BCUT2D eigenvalue weighted by molar-refractivity contribution is 0.121. The Morgan fingerprint density at radius 3 is 2.93 bits per heavy atom. The van der Waals surface area contributed by atoms with Crippen molar-refractivity contribution in [1.82, 2.24) is 9.97 Å². The molecule has 2 heterocycles. The van der Waals surface area contributed by atoms with Crippen LogP contribution in [0.3, 0.4) is 0 Å². The van der Waals surface area contributed by atoms with Gasteiger partial charge >= 0.3 is 0 Å². The topological polar surface area (TPSA) is 38.2 Å². The first-order valence-electron chi connectivity index (χ1n) is 4.98. The van der Waals surface area contributed by atoms with Crippen molar-refractivity contribution in [3.05, 3.63) is 17.0 Å². The van der Waals surface area contributed by atoms with Crippen LogP contribution in [0, 0.1) is 6.92 Å². The molecule has 0 N–H and O–H groups in total. The van der Waals surface area contributed by atoms with Gasteiger partial charge in [0.1, 0.15) is 16.8 Å². The Kier molecular flexibility index (Phi) is 3.07. The van der Waals surface area contributed by atoms with Gasteiger partial charge in [-0.15, -0.1) is 0 Å². The number of ether oxygens (including phenoxy) is 1. The summed E-state index contributed by atoms with van der Waals surface area (Å²) in [5.74, 6) is 1.60. The number of rotatable bonds is 2. The summed E-state index contributed by atoms with van der Waals surface area (Å²) >= 11 is 5.89. The summed E-state index contributed by atoms with van der Waals surface area (Å²) in [6.07, 6.45) is 1.34. The summed E-state index contributed by atoms with van der Waals surface area (Å²) in [4.78, 5) is 10.6. The molecular formula is C10H14ClN3O. The zero-order valence-electron chi connectivity index (χ0n) is 8.90. The number of anilines is 1. The van der Waals surface area contributed by atoms with Crippen LogP contribution in [0.5, 0.6) is 0 Å². The average molecular weight is 228 g/mol. The van der Waals surface area contributed by atoms with Crippen molar-refractivity contribution in [2.24, 2.45) is 0 Å². The molecule has 0 bridgehead atoms. The highest BCUT2D eigenvalue weighted by molar-refractivity contribution is 6.29. The average Bonchev–Trinajstić information content (AvgIpc) is 2.64. The van der Waals surface area contributed by atoms with Gasteiger partial charge < -0.3 is 9.64 Å². The number of nitrogens with zero attached hydrogens (tertiary/aromatic N) is 3. The minimum Gasteiger partial charge on any atom is -0.380 e. The summed E-state index contributed by atoms with van der Waals surface area (Å²) in [6.45, 7) is 3.69. The van der Waals surface area contributed by atoms with Crippen LogP contribution in [0.1, 0.15) is 12.2 Å². The third kappa shape index (κ3) is 2.38. The molecule has 0 unspecified atom stereocenters. The molecule has 15 heavy (non-hydrogen) atoms. The second-order valence-electron chi connectivity index (χ2n) is 3.69. The standard InChI is InChI=1S/C10H14ClN3O/c1-7-12-9(11)5-10(13-7)14-4-3-8(6-14)15-2/h5,8H,3-4,6H2,1-2H3/t8-/m1/s1. The molecular weight excluding hydrogens is 214 g/mol. The molecule has 1 saturated heterocycles. The summed E-state index contributed by atoms with van der Waals surface area (Å²) < 4.78 is 5.31. The van der Waals surface area contributed by atoms with Crippen molar-refractivity contribution in [2.45, 2.75) is 19.4 Å². The van der Waals surface area contributed by atoms with Gasteiger partial charge in [-0.2, -0.15) is 0 Å². The van der Waals surface area contributed by atoms with Gasteiger partial charge in [-0.1, -0.05) is 11.6 Å². The zero-order chi connectivity index (χ0) is 10.8. The van der Waals surface area contributed by atoms with Crippen molar-refractivity contribution >= 4 is 17.4 Å². The minimum atomic E-state index is 0.305. The number of halogens is 1. The lowest BCUT2D eigenvalue weighted by atomic mass is 10.3. The zero-order valence-corrected chi connectivity index (χ0v) is 9.66. The van der Waals surface area contributed by atoms with E-state index in [0.29, 0.717) is 17.1 Å². The molecule has 4 nitrogen and oxygen atoms in total. The first-order chi connectivity index (χ1) is 7.19. The van der Waals surface area contributed by atoms with Gasteiger partial charge in [0.05, 0.1) is 6.10 Å². The molecule has 0 radical (unpaired) electrons. The normalized spacial score (nSPS) is 21.0. The number of hydrogen-bond donors (Lipinski definition) is 0. The van der Waals surface area contributed by atoms with Crippen LogP contribution >= 0.6 is 11.6 Å². The SMILES string of the molecule is CO[C@@H]1CCN(c2cc(Cl)nc(C)n2)C1. The van der Waals surface area contributed by atoms with Crippen molar-refractivity contribution in [3.63, 3.8) is 0 Å². The highest BCUT2D eigenvalue weighted by atomic mass is 35.5. The molecule has 1 aromatic heterocycles. The summed E-state index contributed by atoms with van der Waals surface area (Å²) in [7, 11) is 1.74. The molecule has 82 valence electrons. The van der Waals surface area contributed by atoms with Gasteiger partial charge in [-0.05, 0) is 13.3 Å². The predicted octanol–water partition coefficient (Wildman–Crippen LogP) is 1.66. The summed E-state index contributed by atoms with van der Waals surface area (Å²) in [5.41, 5.74) is 0. The Morgan fingerprint density at radius 1 is 1.53 bits per heavy atom. The largest absolute Gasteiger partial charge is 0.380 e. The Hall–Kier alpha value is -0.870. The maximum atomic E-state index is 5.89. The molecule has 1 aliphatic rings. The lowest BCUT2D eigenvalue weighted by Crippen LogP contribution is -2.23. The molecule has 1 aliphatic heterocycles. The third-order valence-electron chi connectivity index (χ3n) is 2.60. The molecule has 1 aromatic rings. The maximum absolute atomic E-state index is 5.89. The van der Waals surface area contributed by atoms with Crippen LogP contribution in [0.25, 0.3) is 0 Å². The first kappa shape index (κ1) is 10.6. The van der Waals surface area contributed by atoms with Gasteiger partial charge in [0, 0.05) is 26.3 Å². The van der Waals surface area contributed by atoms with E-state index in [2.05, 4.69) is 14.9 Å². The highest BCUT2D eigenvalue weighted by Gasteiger charge is 2.23. The number of aryl methyl sites for hydroxylation is 1. The Morgan fingerprint density at radius 2 is 2.33 bits per heavy atom. The van der Waals surface area contributed by atoms with Crippen molar-refractivity contribution in [2.75, 3.05) is 25.1 Å². The summed E-state index contributed by atoms with van der Waals surface area (Å²) in [6, 6.07) is 1.80. The third-order valence-corrected chi connectivity index (χ3v) is 2.79. The molecule has 0 spiro atoms. The van der Waals surface area contributed by atoms with E-state index >= 15 is 0 Å². The second-order valence-corrected chi connectivity index (χ2v) is 4.08. The maximum Gasteiger partial charge on any atom is 0.134 e. The highest BCUT2D eigenvalue weighted by Crippen LogP contribution is 2.21. The molecule has 1 fully saturated rings. The van der Waals surface area contributed by atoms with E-state index in [-0.39, 0.29) is 0 Å². The van der Waals surface area contributed by atoms with Crippen molar-refractivity contribution < 1.29 is 4.74 Å². The fraction of sp³-hybridized carbons (Fsp3) is 0.600.